The second-order valence-electron chi connectivity index (χ2n) is 5.15. The summed E-state index contributed by atoms with van der Waals surface area (Å²) in [4.78, 5) is 12.2. The highest BCUT2D eigenvalue weighted by Crippen LogP contribution is 2.18. The van der Waals surface area contributed by atoms with Crippen LogP contribution in [0.25, 0.3) is 0 Å². The van der Waals surface area contributed by atoms with E-state index in [1.165, 1.54) is 25.7 Å². The van der Waals surface area contributed by atoms with Gasteiger partial charge in [0.15, 0.2) is 0 Å². The number of aromatic nitrogens is 2. The van der Waals surface area contributed by atoms with Gasteiger partial charge in [-0.15, -0.1) is 0 Å². The molecule has 1 aromatic rings. The Bertz CT molecular complexity index is 403. The zero-order chi connectivity index (χ0) is 13.0. The van der Waals surface area contributed by atoms with Crippen molar-refractivity contribution in [1.29, 1.82) is 0 Å². The largest absolute Gasteiger partial charge is 0.349 e. The number of hydrogen-bond donors (Lipinski definition) is 1. The second kappa shape index (κ2) is 6.03. The Kier molecular flexibility index (Phi) is 4.39. The fraction of sp³-hybridized carbons (Fsp3) is 0.714. The molecule has 0 aliphatic heterocycles. The van der Waals surface area contributed by atoms with Gasteiger partial charge in [0.05, 0.1) is 11.3 Å². The topological polar surface area (TPSA) is 46.9 Å². The van der Waals surface area contributed by atoms with Crippen molar-refractivity contribution in [3.8, 4) is 0 Å². The SMILES string of the molecule is CCn1cc(C(=O)NC2CCCCCC2)c(C)n1. The third kappa shape index (κ3) is 3.12. The van der Waals surface area contributed by atoms with Crippen molar-refractivity contribution in [2.24, 2.45) is 0 Å². The molecule has 4 nitrogen and oxygen atoms in total. The number of amides is 1. The molecule has 1 aromatic heterocycles. The molecule has 1 heterocycles. The summed E-state index contributed by atoms with van der Waals surface area (Å²) in [6.45, 7) is 4.73. The number of rotatable bonds is 3. The van der Waals surface area contributed by atoms with Crippen LogP contribution in [0.15, 0.2) is 6.20 Å². The third-order valence-corrected chi connectivity index (χ3v) is 3.71. The molecule has 1 amide bonds. The highest BCUT2D eigenvalue weighted by molar-refractivity contribution is 5.95. The Morgan fingerprint density at radius 1 is 1.39 bits per heavy atom. The third-order valence-electron chi connectivity index (χ3n) is 3.71. The van der Waals surface area contributed by atoms with E-state index >= 15 is 0 Å². The maximum absolute atomic E-state index is 12.2. The molecule has 0 radical (unpaired) electrons. The Balaban J connectivity index is 1.99. The minimum absolute atomic E-state index is 0.0408. The molecule has 4 heteroatoms. The quantitative estimate of drug-likeness (QED) is 0.837. The fourth-order valence-corrected chi connectivity index (χ4v) is 2.59. The Hall–Kier alpha value is -1.32. The molecule has 1 aliphatic rings. The zero-order valence-corrected chi connectivity index (χ0v) is 11.4. The lowest BCUT2D eigenvalue weighted by atomic mass is 10.1. The zero-order valence-electron chi connectivity index (χ0n) is 11.4. The van der Waals surface area contributed by atoms with Gasteiger partial charge < -0.3 is 5.32 Å². The van der Waals surface area contributed by atoms with Crippen LogP contribution in [-0.2, 0) is 6.54 Å². The number of hydrogen-bond acceptors (Lipinski definition) is 2. The van der Waals surface area contributed by atoms with Crippen molar-refractivity contribution in [1.82, 2.24) is 15.1 Å². The summed E-state index contributed by atoms with van der Waals surface area (Å²) in [6.07, 6.45) is 9.16. The minimum Gasteiger partial charge on any atom is -0.349 e. The number of aryl methyl sites for hydroxylation is 2. The van der Waals surface area contributed by atoms with Gasteiger partial charge >= 0.3 is 0 Å². The van der Waals surface area contributed by atoms with E-state index in [-0.39, 0.29) is 5.91 Å². The van der Waals surface area contributed by atoms with E-state index in [2.05, 4.69) is 10.4 Å². The van der Waals surface area contributed by atoms with E-state index in [0.717, 1.165) is 30.6 Å². The van der Waals surface area contributed by atoms with Crippen LogP contribution in [0, 0.1) is 6.92 Å². The van der Waals surface area contributed by atoms with Crippen molar-refractivity contribution in [3.05, 3.63) is 17.5 Å². The van der Waals surface area contributed by atoms with Crippen molar-refractivity contribution < 1.29 is 4.79 Å². The summed E-state index contributed by atoms with van der Waals surface area (Å²) in [6, 6.07) is 0.351. The molecule has 1 aliphatic carbocycles. The average molecular weight is 249 g/mol. The number of carbonyl (C=O) groups is 1. The summed E-state index contributed by atoms with van der Waals surface area (Å²) in [5.41, 5.74) is 1.55. The first kappa shape index (κ1) is 13.1. The molecule has 0 unspecified atom stereocenters. The first-order valence-corrected chi connectivity index (χ1v) is 7.05. The monoisotopic (exact) mass is 249 g/mol. The molecule has 18 heavy (non-hydrogen) atoms. The Labute approximate surface area is 109 Å². The molecule has 0 atom stereocenters. The Morgan fingerprint density at radius 3 is 2.61 bits per heavy atom. The van der Waals surface area contributed by atoms with Crippen LogP contribution in [0.5, 0.6) is 0 Å². The van der Waals surface area contributed by atoms with Gasteiger partial charge in [-0.05, 0) is 26.7 Å². The van der Waals surface area contributed by atoms with E-state index < -0.39 is 0 Å². The molecule has 0 aromatic carbocycles. The molecular formula is C14H23N3O. The standard InChI is InChI=1S/C14H23N3O/c1-3-17-10-13(11(2)16-17)14(18)15-12-8-6-4-5-7-9-12/h10,12H,3-9H2,1-2H3,(H,15,18). The van der Waals surface area contributed by atoms with Gasteiger partial charge in [0.1, 0.15) is 0 Å². The predicted octanol–water partition coefficient (Wildman–Crippen LogP) is 2.66. The molecule has 100 valence electrons. The maximum atomic E-state index is 12.2. The molecule has 0 spiro atoms. The smallest absolute Gasteiger partial charge is 0.254 e. The molecule has 0 bridgehead atoms. The van der Waals surface area contributed by atoms with Crippen molar-refractivity contribution >= 4 is 5.91 Å². The first-order chi connectivity index (χ1) is 8.70. The van der Waals surface area contributed by atoms with Crippen LogP contribution in [0.1, 0.15) is 61.5 Å². The maximum Gasteiger partial charge on any atom is 0.254 e. The van der Waals surface area contributed by atoms with Crippen molar-refractivity contribution in [3.63, 3.8) is 0 Å². The van der Waals surface area contributed by atoms with Gasteiger partial charge in [-0.3, -0.25) is 9.48 Å². The van der Waals surface area contributed by atoms with Gasteiger partial charge in [-0.25, -0.2) is 0 Å². The molecule has 1 fully saturated rings. The van der Waals surface area contributed by atoms with E-state index in [0.29, 0.717) is 6.04 Å². The summed E-state index contributed by atoms with van der Waals surface area (Å²) >= 11 is 0. The van der Waals surface area contributed by atoms with Crippen LogP contribution >= 0.6 is 0 Å². The summed E-state index contributed by atoms with van der Waals surface area (Å²) < 4.78 is 1.82. The van der Waals surface area contributed by atoms with Crippen molar-refractivity contribution in [2.45, 2.75) is 65.0 Å². The van der Waals surface area contributed by atoms with E-state index in [1.807, 2.05) is 24.7 Å². The number of carbonyl (C=O) groups excluding carboxylic acids is 1. The first-order valence-electron chi connectivity index (χ1n) is 7.05. The van der Waals surface area contributed by atoms with Gasteiger partial charge in [0.2, 0.25) is 0 Å². The van der Waals surface area contributed by atoms with Gasteiger partial charge in [0.25, 0.3) is 5.91 Å². The number of nitrogens with one attached hydrogen (secondary N) is 1. The van der Waals surface area contributed by atoms with Gasteiger partial charge in [-0.2, -0.15) is 5.10 Å². The van der Waals surface area contributed by atoms with Crippen LogP contribution in [-0.4, -0.2) is 21.7 Å². The Morgan fingerprint density at radius 2 is 2.06 bits per heavy atom. The summed E-state index contributed by atoms with van der Waals surface area (Å²) in [5, 5.41) is 7.48. The number of nitrogens with zero attached hydrogens (tertiary/aromatic N) is 2. The molecule has 1 N–H and O–H groups in total. The molecule has 1 saturated carbocycles. The van der Waals surface area contributed by atoms with E-state index in [1.54, 1.807) is 0 Å². The van der Waals surface area contributed by atoms with Gasteiger partial charge in [0, 0.05) is 18.8 Å². The van der Waals surface area contributed by atoms with Crippen LogP contribution in [0.3, 0.4) is 0 Å². The highest BCUT2D eigenvalue weighted by atomic mass is 16.1. The van der Waals surface area contributed by atoms with Crippen LogP contribution in [0.4, 0.5) is 0 Å². The molecule has 0 saturated heterocycles. The minimum atomic E-state index is 0.0408. The second-order valence-corrected chi connectivity index (χ2v) is 5.15. The average Bonchev–Trinajstić information content (AvgIpc) is 2.57. The summed E-state index contributed by atoms with van der Waals surface area (Å²) in [7, 11) is 0. The van der Waals surface area contributed by atoms with Crippen molar-refractivity contribution in [2.75, 3.05) is 0 Å². The summed E-state index contributed by atoms with van der Waals surface area (Å²) in [5.74, 6) is 0.0408. The lowest BCUT2D eigenvalue weighted by Gasteiger charge is -2.15. The highest BCUT2D eigenvalue weighted by Gasteiger charge is 2.18. The fourth-order valence-electron chi connectivity index (χ4n) is 2.59. The lowest BCUT2D eigenvalue weighted by Crippen LogP contribution is -2.34. The van der Waals surface area contributed by atoms with Crippen LogP contribution in [0.2, 0.25) is 0 Å². The van der Waals surface area contributed by atoms with Crippen LogP contribution < -0.4 is 5.32 Å². The van der Waals surface area contributed by atoms with E-state index in [9.17, 15) is 4.79 Å². The normalized spacial score (nSPS) is 17.4. The van der Waals surface area contributed by atoms with E-state index in [4.69, 9.17) is 0 Å². The molecule has 2 rings (SSSR count). The predicted molar refractivity (Wildman–Crippen MR) is 71.6 cm³/mol. The lowest BCUT2D eigenvalue weighted by molar-refractivity contribution is 0.0932. The molecular weight excluding hydrogens is 226 g/mol. The van der Waals surface area contributed by atoms with Gasteiger partial charge in [-0.1, -0.05) is 25.7 Å².